The maximum absolute atomic E-state index is 15.1. The number of fused-ring (bicyclic) bond motifs is 1. The summed E-state index contributed by atoms with van der Waals surface area (Å²) in [6, 6.07) is 12.0. The van der Waals surface area contributed by atoms with Gasteiger partial charge in [0.1, 0.15) is 11.6 Å². The first-order chi connectivity index (χ1) is 13.9. The number of aryl methyl sites for hydroxylation is 1. The molecule has 1 heterocycles. The first-order valence-electron chi connectivity index (χ1n) is 8.62. The van der Waals surface area contributed by atoms with Crippen LogP contribution in [0.5, 0.6) is 0 Å². The molecule has 29 heavy (non-hydrogen) atoms. The zero-order chi connectivity index (χ0) is 20.5. The summed E-state index contributed by atoms with van der Waals surface area (Å²) in [5, 5.41) is 0.610. The summed E-state index contributed by atoms with van der Waals surface area (Å²) >= 11 is 1.04. The second-order valence-corrected chi connectivity index (χ2v) is 7.28. The van der Waals surface area contributed by atoms with Crippen LogP contribution in [0.25, 0.3) is 22.0 Å². The van der Waals surface area contributed by atoms with Crippen LogP contribution in [0, 0.1) is 24.4 Å². The smallest absolute Gasteiger partial charge is 0.220 e. The van der Waals surface area contributed by atoms with Crippen molar-refractivity contribution in [1.82, 2.24) is 9.97 Å². The lowest BCUT2D eigenvalue weighted by Crippen LogP contribution is -1.98. The molecule has 0 spiro atoms. The highest BCUT2D eigenvalue weighted by atomic mass is 32.2. The Morgan fingerprint density at radius 1 is 0.966 bits per heavy atom. The minimum Gasteiger partial charge on any atom is -0.368 e. The highest BCUT2D eigenvalue weighted by Gasteiger charge is 2.17. The molecule has 0 unspecified atom stereocenters. The van der Waals surface area contributed by atoms with E-state index < -0.39 is 11.6 Å². The Balaban J connectivity index is 1.68. The predicted molar refractivity (Wildman–Crippen MR) is 110 cm³/mol. The number of anilines is 2. The summed E-state index contributed by atoms with van der Waals surface area (Å²) in [6.07, 6.45) is 1.50. The first-order valence-corrected chi connectivity index (χ1v) is 9.43. The molecule has 8 heteroatoms. The Labute approximate surface area is 169 Å². The van der Waals surface area contributed by atoms with Crippen LogP contribution < -0.4 is 10.5 Å². The third kappa shape index (κ3) is 3.84. The predicted octanol–water partition coefficient (Wildman–Crippen LogP) is 5.72. The lowest BCUT2D eigenvalue weighted by Gasteiger charge is -2.12. The third-order valence-electron chi connectivity index (χ3n) is 4.40. The second-order valence-electron chi connectivity index (χ2n) is 6.40. The molecule has 0 aliphatic rings. The maximum Gasteiger partial charge on any atom is 0.220 e. The molecule has 3 N–H and O–H groups in total. The molecular weight excluding hydrogens is 397 g/mol. The molecule has 4 nitrogen and oxygen atoms in total. The van der Waals surface area contributed by atoms with E-state index in [2.05, 4.69) is 14.7 Å². The van der Waals surface area contributed by atoms with E-state index in [1.807, 2.05) is 0 Å². The number of benzene rings is 3. The van der Waals surface area contributed by atoms with E-state index in [1.165, 1.54) is 24.4 Å². The summed E-state index contributed by atoms with van der Waals surface area (Å²) in [5.74, 6) is -1.68. The van der Waals surface area contributed by atoms with Gasteiger partial charge in [-0.15, -0.1) is 0 Å². The van der Waals surface area contributed by atoms with E-state index in [0.717, 1.165) is 11.9 Å². The number of nitrogen functional groups attached to an aromatic ring is 1. The molecule has 4 aromatic rings. The van der Waals surface area contributed by atoms with Crippen molar-refractivity contribution in [2.45, 2.75) is 11.8 Å². The van der Waals surface area contributed by atoms with Crippen molar-refractivity contribution >= 4 is 34.5 Å². The molecule has 0 saturated heterocycles. The Kier molecular flexibility index (Phi) is 5.02. The van der Waals surface area contributed by atoms with Gasteiger partial charge in [-0.3, -0.25) is 0 Å². The van der Waals surface area contributed by atoms with Crippen LogP contribution in [0.3, 0.4) is 0 Å². The fourth-order valence-electron chi connectivity index (χ4n) is 2.85. The highest BCUT2D eigenvalue weighted by Crippen LogP contribution is 2.34. The summed E-state index contributed by atoms with van der Waals surface area (Å²) in [4.78, 5) is 8.56. The van der Waals surface area contributed by atoms with Crippen LogP contribution in [-0.2, 0) is 0 Å². The molecule has 0 fully saturated rings. The third-order valence-corrected chi connectivity index (χ3v) is 5.21. The Bertz CT molecular complexity index is 1230. The monoisotopic (exact) mass is 412 g/mol. The van der Waals surface area contributed by atoms with Crippen LogP contribution in [-0.4, -0.2) is 9.97 Å². The largest absolute Gasteiger partial charge is 0.368 e. The van der Waals surface area contributed by atoms with Gasteiger partial charge in [-0.25, -0.2) is 23.1 Å². The molecule has 4 rings (SSSR count). The number of rotatable bonds is 4. The number of nitrogens with one attached hydrogen (secondary N) is 1. The normalized spacial score (nSPS) is 11.0. The molecular formula is C21H15F3N4S. The van der Waals surface area contributed by atoms with Gasteiger partial charge in [0.25, 0.3) is 0 Å². The van der Waals surface area contributed by atoms with Gasteiger partial charge >= 0.3 is 0 Å². The molecule has 0 aliphatic heterocycles. The Morgan fingerprint density at radius 2 is 1.79 bits per heavy atom. The van der Waals surface area contributed by atoms with Crippen LogP contribution >= 0.6 is 11.9 Å². The van der Waals surface area contributed by atoms with E-state index in [4.69, 9.17) is 5.73 Å². The van der Waals surface area contributed by atoms with Gasteiger partial charge in [0.15, 0.2) is 5.82 Å². The van der Waals surface area contributed by atoms with E-state index in [-0.39, 0.29) is 23.0 Å². The van der Waals surface area contributed by atoms with Gasteiger partial charge in [0, 0.05) is 16.5 Å². The quantitative estimate of drug-likeness (QED) is 0.420. The lowest BCUT2D eigenvalue weighted by molar-refractivity contribution is 0.592. The van der Waals surface area contributed by atoms with Crippen molar-refractivity contribution in [2.24, 2.45) is 0 Å². The Morgan fingerprint density at radius 3 is 2.59 bits per heavy atom. The van der Waals surface area contributed by atoms with Crippen LogP contribution in [0.1, 0.15) is 5.56 Å². The summed E-state index contributed by atoms with van der Waals surface area (Å²) in [6.45, 7) is 1.66. The van der Waals surface area contributed by atoms with Gasteiger partial charge in [0.05, 0.1) is 16.8 Å². The lowest BCUT2D eigenvalue weighted by atomic mass is 10.0. The van der Waals surface area contributed by atoms with E-state index in [1.54, 1.807) is 37.3 Å². The summed E-state index contributed by atoms with van der Waals surface area (Å²) in [7, 11) is 0. The van der Waals surface area contributed by atoms with Crippen molar-refractivity contribution in [2.75, 3.05) is 10.5 Å². The summed E-state index contributed by atoms with van der Waals surface area (Å²) < 4.78 is 46.1. The molecule has 0 amide bonds. The summed E-state index contributed by atoms with van der Waals surface area (Å²) in [5.41, 5.74) is 6.91. The Hall–Kier alpha value is -3.26. The molecule has 0 atom stereocenters. The maximum atomic E-state index is 15.1. The number of halogens is 3. The van der Waals surface area contributed by atoms with Gasteiger partial charge in [-0.05, 0) is 66.4 Å². The number of aromatic nitrogens is 2. The number of nitrogens with zero attached hydrogens (tertiary/aromatic N) is 2. The molecule has 0 aliphatic carbocycles. The van der Waals surface area contributed by atoms with Crippen molar-refractivity contribution in [3.05, 3.63) is 77.7 Å². The first kappa shape index (κ1) is 19.1. The molecule has 0 saturated carbocycles. The fourth-order valence-corrected chi connectivity index (χ4v) is 3.53. The SMILES string of the molecule is Cc1ccc(SNc2ccc(F)c(-c3ccc4nc(N)ncc4c3)c2F)cc1F. The number of hydrogen-bond donors (Lipinski definition) is 2. The topological polar surface area (TPSA) is 63.8 Å². The molecule has 3 aromatic carbocycles. The van der Waals surface area contributed by atoms with Crippen LogP contribution in [0.2, 0.25) is 0 Å². The average Bonchev–Trinajstić information content (AvgIpc) is 2.70. The van der Waals surface area contributed by atoms with Gasteiger partial charge in [-0.2, -0.15) is 0 Å². The molecule has 146 valence electrons. The van der Waals surface area contributed by atoms with Gasteiger partial charge in [0.2, 0.25) is 5.95 Å². The molecule has 0 radical (unpaired) electrons. The molecule has 1 aromatic heterocycles. The standard InChI is InChI=1S/C21H15F3N4S/c1-11-2-4-14(9-16(11)23)29-28-18-7-5-15(22)19(20(18)24)12-3-6-17-13(8-12)10-26-21(25)27-17/h2-10,28H,1H3,(H2,25,26,27). The van der Waals surface area contributed by atoms with E-state index in [0.29, 0.717) is 26.9 Å². The van der Waals surface area contributed by atoms with Crippen LogP contribution in [0.4, 0.5) is 24.8 Å². The fraction of sp³-hybridized carbons (Fsp3) is 0.0476. The average molecular weight is 412 g/mol. The van der Waals surface area contributed by atoms with Crippen molar-refractivity contribution in [3.63, 3.8) is 0 Å². The van der Waals surface area contributed by atoms with Crippen LogP contribution in [0.15, 0.2) is 59.6 Å². The zero-order valence-electron chi connectivity index (χ0n) is 15.2. The van der Waals surface area contributed by atoms with Crippen molar-refractivity contribution in [1.29, 1.82) is 0 Å². The van der Waals surface area contributed by atoms with E-state index >= 15 is 4.39 Å². The van der Waals surface area contributed by atoms with E-state index in [9.17, 15) is 8.78 Å². The van der Waals surface area contributed by atoms with Crippen molar-refractivity contribution in [3.8, 4) is 11.1 Å². The minimum atomic E-state index is -0.749. The van der Waals surface area contributed by atoms with Crippen molar-refractivity contribution < 1.29 is 13.2 Å². The number of hydrogen-bond acceptors (Lipinski definition) is 5. The molecule has 0 bridgehead atoms. The van der Waals surface area contributed by atoms with Gasteiger partial charge < -0.3 is 10.5 Å². The number of nitrogens with two attached hydrogens (primary N) is 1. The minimum absolute atomic E-state index is 0.0843. The van der Waals surface area contributed by atoms with Gasteiger partial charge in [-0.1, -0.05) is 12.1 Å². The highest BCUT2D eigenvalue weighted by molar-refractivity contribution is 8.00. The zero-order valence-corrected chi connectivity index (χ0v) is 16.0. The second kappa shape index (κ2) is 7.63.